The van der Waals surface area contributed by atoms with E-state index in [0.29, 0.717) is 12.5 Å². The molecule has 162 valence electrons. The van der Waals surface area contributed by atoms with Crippen molar-refractivity contribution in [1.29, 1.82) is 0 Å². The van der Waals surface area contributed by atoms with Gasteiger partial charge in [0.25, 0.3) is 5.91 Å². The Labute approximate surface area is 182 Å². The van der Waals surface area contributed by atoms with Crippen molar-refractivity contribution in [2.45, 2.75) is 32.1 Å². The summed E-state index contributed by atoms with van der Waals surface area (Å²) in [4.78, 5) is 30.8. The van der Waals surface area contributed by atoms with Crippen LogP contribution >= 0.6 is 0 Å². The monoisotopic (exact) mass is 419 g/mol. The average Bonchev–Trinajstić information content (AvgIpc) is 3.27. The van der Waals surface area contributed by atoms with Crippen LogP contribution in [-0.4, -0.2) is 45.9 Å². The first kappa shape index (κ1) is 20.9. The van der Waals surface area contributed by atoms with E-state index in [-0.39, 0.29) is 11.9 Å². The largest absolute Gasteiger partial charge is 0.339 e. The van der Waals surface area contributed by atoms with Gasteiger partial charge in [0.1, 0.15) is 5.65 Å². The molecule has 2 N–H and O–H groups in total. The number of unbranched alkanes of at least 4 members (excludes halogenated alkanes) is 1. The molecule has 0 unspecified atom stereocenters. The average molecular weight is 420 g/mol. The first-order valence-electron chi connectivity index (χ1n) is 11.0. The molecular weight excluding hydrogens is 390 g/mol. The second-order valence-electron chi connectivity index (χ2n) is 8.09. The fourth-order valence-corrected chi connectivity index (χ4v) is 4.11. The standard InChI is InChI=1S/C24H29N5O2/c30-23(20-7-2-1-3-8-20)29-14-9-19(10-15-29)6-4-5-12-26-24(31)27-21-11-16-28-17-13-25-22(28)18-21/h1-3,7-8,11,13,16-19H,4-6,9-10,12,14-15H2,(H2,26,27,31). The zero-order valence-corrected chi connectivity index (χ0v) is 17.7. The van der Waals surface area contributed by atoms with Gasteiger partial charge in [-0.25, -0.2) is 9.78 Å². The second-order valence-corrected chi connectivity index (χ2v) is 8.09. The molecule has 1 aliphatic heterocycles. The van der Waals surface area contributed by atoms with Crippen molar-refractivity contribution in [1.82, 2.24) is 19.6 Å². The first-order chi connectivity index (χ1) is 15.2. The fraction of sp³-hybridized carbons (Fsp3) is 0.375. The van der Waals surface area contributed by atoms with Crippen LogP contribution in [0.2, 0.25) is 0 Å². The van der Waals surface area contributed by atoms with Crippen molar-refractivity contribution in [2.24, 2.45) is 5.92 Å². The molecule has 7 heteroatoms. The van der Waals surface area contributed by atoms with E-state index in [9.17, 15) is 9.59 Å². The van der Waals surface area contributed by atoms with Crippen LogP contribution in [0.4, 0.5) is 10.5 Å². The van der Waals surface area contributed by atoms with Crippen LogP contribution in [0.5, 0.6) is 0 Å². The number of benzene rings is 1. The highest BCUT2D eigenvalue weighted by atomic mass is 16.2. The van der Waals surface area contributed by atoms with Gasteiger partial charge in [0, 0.05) is 55.5 Å². The summed E-state index contributed by atoms with van der Waals surface area (Å²) >= 11 is 0. The highest BCUT2D eigenvalue weighted by Gasteiger charge is 2.23. The third-order valence-electron chi connectivity index (χ3n) is 5.90. The molecule has 0 radical (unpaired) electrons. The van der Waals surface area contributed by atoms with Crippen LogP contribution in [0.3, 0.4) is 0 Å². The number of carbonyl (C=O) groups is 2. The molecule has 3 aromatic rings. The zero-order valence-electron chi connectivity index (χ0n) is 17.7. The summed E-state index contributed by atoms with van der Waals surface area (Å²) in [6.07, 6.45) is 10.8. The third kappa shape index (κ3) is 5.63. The Hall–Kier alpha value is -3.35. The molecular formula is C24H29N5O2. The summed E-state index contributed by atoms with van der Waals surface area (Å²) in [6, 6.07) is 13.0. The molecule has 1 fully saturated rings. The van der Waals surface area contributed by atoms with E-state index in [1.54, 1.807) is 6.20 Å². The minimum atomic E-state index is -0.191. The van der Waals surface area contributed by atoms with E-state index in [1.165, 1.54) is 0 Å². The van der Waals surface area contributed by atoms with Gasteiger partial charge in [-0.3, -0.25) is 4.79 Å². The lowest BCUT2D eigenvalue weighted by molar-refractivity contribution is 0.0686. The number of imidazole rings is 1. The summed E-state index contributed by atoms with van der Waals surface area (Å²) in [5.41, 5.74) is 2.30. The maximum absolute atomic E-state index is 12.5. The lowest BCUT2D eigenvalue weighted by Gasteiger charge is -2.32. The van der Waals surface area contributed by atoms with Crippen molar-refractivity contribution >= 4 is 23.3 Å². The Bertz CT molecular complexity index is 1010. The number of urea groups is 1. The molecule has 4 rings (SSSR count). The van der Waals surface area contributed by atoms with E-state index >= 15 is 0 Å². The SMILES string of the molecule is O=C(NCCCCC1CCN(C(=O)c2ccccc2)CC1)Nc1ccn2ccnc2c1. The quantitative estimate of drug-likeness (QED) is 0.564. The van der Waals surface area contributed by atoms with E-state index in [1.807, 2.05) is 64.2 Å². The molecule has 3 heterocycles. The van der Waals surface area contributed by atoms with Crippen LogP contribution in [0.15, 0.2) is 61.1 Å². The second kappa shape index (κ2) is 10.1. The Balaban J connectivity index is 1.09. The van der Waals surface area contributed by atoms with E-state index in [2.05, 4.69) is 15.6 Å². The molecule has 0 saturated carbocycles. The molecule has 0 aliphatic carbocycles. The normalized spacial score (nSPS) is 14.5. The zero-order chi connectivity index (χ0) is 21.5. The lowest BCUT2D eigenvalue weighted by atomic mass is 9.91. The van der Waals surface area contributed by atoms with Crippen LogP contribution in [0.25, 0.3) is 5.65 Å². The number of anilines is 1. The Morgan fingerprint density at radius 3 is 2.65 bits per heavy atom. The maximum atomic E-state index is 12.5. The number of hydrogen-bond donors (Lipinski definition) is 2. The molecule has 0 spiro atoms. The van der Waals surface area contributed by atoms with Crippen molar-refractivity contribution in [3.63, 3.8) is 0 Å². The minimum Gasteiger partial charge on any atom is -0.339 e. The lowest BCUT2D eigenvalue weighted by Crippen LogP contribution is -2.38. The highest BCUT2D eigenvalue weighted by molar-refractivity contribution is 5.94. The minimum absolute atomic E-state index is 0.140. The Morgan fingerprint density at radius 2 is 1.84 bits per heavy atom. The number of fused-ring (bicyclic) bond motifs is 1. The molecule has 0 bridgehead atoms. The summed E-state index contributed by atoms with van der Waals surface area (Å²) in [6.45, 7) is 2.32. The van der Waals surface area contributed by atoms with Gasteiger partial charge >= 0.3 is 6.03 Å². The number of nitrogens with zero attached hydrogens (tertiary/aromatic N) is 3. The smallest absolute Gasteiger partial charge is 0.319 e. The van der Waals surface area contributed by atoms with Gasteiger partial charge in [-0.1, -0.05) is 31.0 Å². The van der Waals surface area contributed by atoms with Crippen molar-refractivity contribution < 1.29 is 9.59 Å². The van der Waals surface area contributed by atoms with Crippen LogP contribution in [0, 0.1) is 5.92 Å². The van der Waals surface area contributed by atoms with Gasteiger partial charge in [-0.05, 0) is 43.4 Å². The number of likely N-dealkylation sites (tertiary alicyclic amines) is 1. The molecule has 1 saturated heterocycles. The van der Waals surface area contributed by atoms with Crippen LogP contribution < -0.4 is 10.6 Å². The van der Waals surface area contributed by atoms with Gasteiger partial charge in [-0.15, -0.1) is 0 Å². The van der Waals surface area contributed by atoms with Crippen LogP contribution in [0.1, 0.15) is 42.5 Å². The topological polar surface area (TPSA) is 78.7 Å². The Morgan fingerprint density at radius 1 is 1.03 bits per heavy atom. The number of pyridine rings is 1. The fourth-order valence-electron chi connectivity index (χ4n) is 4.11. The van der Waals surface area contributed by atoms with Crippen molar-refractivity contribution in [3.8, 4) is 0 Å². The molecule has 2 aromatic heterocycles. The summed E-state index contributed by atoms with van der Waals surface area (Å²) in [7, 11) is 0. The number of aromatic nitrogens is 2. The predicted octanol–water partition coefficient (Wildman–Crippen LogP) is 4.18. The molecule has 3 amide bonds. The van der Waals surface area contributed by atoms with Crippen LogP contribution in [-0.2, 0) is 0 Å². The van der Waals surface area contributed by atoms with E-state index in [4.69, 9.17) is 0 Å². The molecule has 31 heavy (non-hydrogen) atoms. The van der Waals surface area contributed by atoms with Crippen molar-refractivity contribution in [3.05, 3.63) is 66.6 Å². The van der Waals surface area contributed by atoms with Gasteiger partial charge < -0.3 is 19.9 Å². The number of nitrogens with one attached hydrogen (secondary N) is 2. The molecule has 0 atom stereocenters. The van der Waals surface area contributed by atoms with Gasteiger partial charge in [0.2, 0.25) is 0 Å². The summed E-state index contributed by atoms with van der Waals surface area (Å²) < 4.78 is 1.89. The number of carbonyl (C=O) groups excluding carboxylic acids is 2. The van der Waals surface area contributed by atoms with E-state index in [0.717, 1.165) is 62.1 Å². The highest BCUT2D eigenvalue weighted by Crippen LogP contribution is 2.23. The predicted molar refractivity (Wildman–Crippen MR) is 121 cm³/mol. The number of piperidine rings is 1. The number of hydrogen-bond acceptors (Lipinski definition) is 3. The van der Waals surface area contributed by atoms with Gasteiger partial charge in [0.05, 0.1) is 0 Å². The van der Waals surface area contributed by atoms with Gasteiger partial charge in [0.15, 0.2) is 0 Å². The number of rotatable bonds is 7. The number of amides is 3. The first-order valence-corrected chi connectivity index (χ1v) is 11.0. The van der Waals surface area contributed by atoms with E-state index < -0.39 is 0 Å². The Kier molecular flexibility index (Phi) is 6.82. The molecule has 1 aliphatic rings. The van der Waals surface area contributed by atoms with Crippen molar-refractivity contribution in [2.75, 3.05) is 25.0 Å². The molecule has 1 aromatic carbocycles. The summed E-state index contributed by atoms with van der Waals surface area (Å²) in [5.74, 6) is 0.802. The summed E-state index contributed by atoms with van der Waals surface area (Å²) in [5, 5.41) is 5.77. The third-order valence-corrected chi connectivity index (χ3v) is 5.90. The maximum Gasteiger partial charge on any atom is 0.319 e. The molecule has 7 nitrogen and oxygen atoms in total. The van der Waals surface area contributed by atoms with Gasteiger partial charge in [-0.2, -0.15) is 0 Å².